The fourth-order valence-electron chi connectivity index (χ4n) is 2.58. The summed E-state index contributed by atoms with van der Waals surface area (Å²) in [6.45, 7) is 0. The smallest absolute Gasteiger partial charge is 0.208 e. The molecule has 1 aromatic heterocycles. The topological polar surface area (TPSA) is 36.5 Å². The number of hydrogen-bond donors (Lipinski definition) is 1. The number of pyridine rings is 1. The summed E-state index contributed by atoms with van der Waals surface area (Å²) in [4.78, 5) is 0. The zero-order valence-corrected chi connectivity index (χ0v) is 12.1. The van der Waals surface area contributed by atoms with Gasteiger partial charge in [0.15, 0.2) is 12.4 Å². The lowest BCUT2D eigenvalue weighted by atomic mass is 9.98. The van der Waals surface area contributed by atoms with Crippen LogP contribution in [0.1, 0.15) is 22.7 Å². The summed E-state index contributed by atoms with van der Waals surface area (Å²) < 4.78 is 2.15. The summed E-state index contributed by atoms with van der Waals surface area (Å²) in [5.74, 6) is 0. The van der Waals surface area contributed by atoms with Gasteiger partial charge in [0, 0.05) is 28.8 Å². The molecule has 0 fully saturated rings. The van der Waals surface area contributed by atoms with E-state index in [0.717, 1.165) is 5.56 Å². The van der Waals surface area contributed by atoms with Gasteiger partial charge in [-0.3, -0.25) is 0 Å². The molecule has 2 aromatic carbocycles. The van der Waals surface area contributed by atoms with Gasteiger partial charge in [-0.05, 0) is 0 Å². The molecule has 0 saturated carbocycles. The maximum absolute atomic E-state index is 8.62. The summed E-state index contributed by atoms with van der Waals surface area (Å²) in [6, 6.07) is 24.8. The first kappa shape index (κ1) is 14.0. The summed E-state index contributed by atoms with van der Waals surface area (Å²) in [7, 11) is 0. The Labute approximate surface area is 129 Å². The highest BCUT2D eigenvalue weighted by molar-refractivity contribution is 5.78. The van der Waals surface area contributed by atoms with E-state index in [0.29, 0.717) is 0 Å². The largest absolute Gasteiger partial charge is 0.411 e. The van der Waals surface area contributed by atoms with E-state index < -0.39 is 0 Å². The Morgan fingerprint density at radius 1 is 0.773 bits per heavy atom. The van der Waals surface area contributed by atoms with Gasteiger partial charge in [-0.15, -0.1) is 0 Å². The minimum atomic E-state index is 0.113. The Hall–Kier alpha value is -2.94. The lowest BCUT2D eigenvalue weighted by Gasteiger charge is -2.13. The molecule has 3 aromatic rings. The van der Waals surface area contributed by atoms with E-state index in [1.807, 2.05) is 36.7 Å². The van der Waals surface area contributed by atoms with E-state index >= 15 is 0 Å². The standard InChI is InChI=1S/C19H16N2O/c22-20-15-16-11-13-21(14-12-16)19(17-7-3-1-4-8-17)18-9-5-2-6-10-18/h1-15,19H/p+1. The molecule has 0 radical (unpaired) electrons. The molecule has 1 heterocycles. The van der Waals surface area contributed by atoms with Crippen LogP contribution in [-0.4, -0.2) is 11.4 Å². The van der Waals surface area contributed by atoms with Crippen LogP contribution in [0, 0.1) is 0 Å². The van der Waals surface area contributed by atoms with Gasteiger partial charge in [0.1, 0.15) is 0 Å². The first-order valence-corrected chi connectivity index (χ1v) is 7.16. The van der Waals surface area contributed by atoms with Crippen LogP contribution in [0.3, 0.4) is 0 Å². The fourth-order valence-corrected chi connectivity index (χ4v) is 2.58. The second-order valence-electron chi connectivity index (χ2n) is 5.05. The molecule has 1 N–H and O–H groups in total. The number of rotatable bonds is 4. The Kier molecular flexibility index (Phi) is 4.25. The molecule has 0 atom stereocenters. The van der Waals surface area contributed by atoms with Crippen LogP contribution >= 0.6 is 0 Å². The molecule has 3 heteroatoms. The minimum Gasteiger partial charge on any atom is -0.411 e. The molecule has 22 heavy (non-hydrogen) atoms. The van der Waals surface area contributed by atoms with E-state index in [2.05, 4.69) is 58.3 Å². The van der Waals surface area contributed by atoms with E-state index in [-0.39, 0.29) is 6.04 Å². The monoisotopic (exact) mass is 289 g/mol. The average Bonchev–Trinajstić information content (AvgIpc) is 2.59. The van der Waals surface area contributed by atoms with Crippen molar-refractivity contribution in [2.45, 2.75) is 6.04 Å². The van der Waals surface area contributed by atoms with Crippen molar-refractivity contribution in [1.82, 2.24) is 0 Å². The third-order valence-corrected chi connectivity index (χ3v) is 3.61. The van der Waals surface area contributed by atoms with Crippen molar-refractivity contribution in [2.24, 2.45) is 5.16 Å². The third-order valence-electron chi connectivity index (χ3n) is 3.61. The predicted octanol–water partition coefficient (Wildman–Crippen LogP) is 3.42. The Morgan fingerprint density at radius 3 is 1.73 bits per heavy atom. The van der Waals surface area contributed by atoms with Gasteiger partial charge in [-0.25, -0.2) is 0 Å². The predicted molar refractivity (Wildman–Crippen MR) is 86.1 cm³/mol. The van der Waals surface area contributed by atoms with Gasteiger partial charge in [0.05, 0.1) is 6.21 Å². The minimum absolute atomic E-state index is 0.113. The van der Waals surface area contributed by atoms with Crippen LogP contribution in [0.15, 0.2) is 90.3 Å². The lowest BCUT2D eigenvalue weighted by molar-refractivity contribution is -0.704. The Morgan fingerprint density at radius 2 is 1.27 bits per heavy atom. The van der Waals surface area contributed by atoms with Crippen LogP contribution in [0.5, 0.6) is 0 Å². The molecule has 0 spiro atoms. The SMILES string of the molecule is ON=Cc1cc[n+](C(c2ccccc2)c2ccccc2)cc1. The quantitative estimate of drug-likeness (QED) is 0.340. The molecule has 0 unspecified atom stereocenters. The average molecular weight is 289 g/mol. The van der Waals surface area contributed by atoms with E-state index in [1.165, 1.54) is 17.3 Å². The molecular formula is C19H17N2O+. The molecule has 0 bridgehead atoms. The zero-order valence-electron chi connectivity index (χ0n) is 12.1. The normalized spacial score (nSPS) is 11.1. The van der Waals surface area contributed by atoms with Crippen LogP contribution in [0.2, 0.25) is 0 Å². The molecule has 0 saturated heterocycles. The summed E-state index contributed by atoms with van der Waals surface area (Å²) in [6.07, 6.45) is 5.42. The van der Waals surface area contributed by atoms with Crippen molar-refractivity contribution < 1.29 is 9.77 Å². The van der Waals surface area contributed by atoms with E-state index in [4.69, 9.17) is 5.21 Å². The first-order valence-electron chi connectivity index (χ1n) is 7.16. The van der Waals surface area contributed by atoms with Gasteiger partial charge in [-0.1, -0.05) is 65.8 Å². The second kappa shape index (κ2) is 6.68. The molecular weight excluding hydrogens is 272 g/mol. The molecule has 0 aliphatic heterocycles. The zero-order chi connectivity index (χ0) is 15.2. The molecule has 0 amide bonds. The van der Waals surface area contributed by atoms with Gasteiger partial charge in [0.2, 0.25) is 6.04 Å². The van der Waals surface area contributed by atoms with Gasteiger partial charge >= 0.3 is 0 Å². The fraction of sp³-hybridized carbons (Fsp3) is 0.0526. The highest BCUT2D eigenvalue weighted by Gasteiger charge is 2.22. The van der Waals surface area contributed by atoms with Crippen molar-refractivity contribution in [3.05, 3.63) is 102 Å². The maximum atomic E-state index is 8.62. The summed E-state index contributed by atoms with van der Waals surface area (Å²) in [5, 5.41) is 11.7. The third kappa shape index (κ3) is 3.04. The highest BCUT2D eigenvalue weighted by atomic mass is 16.4. The summed E-state index contributed by atoms with van der Waals surface area (Å²) >= 11 is 0. The summed E-state index contributed by atoms with van der Waals surface area (Å²) in [5.41, 5.74) is 3.31. The molecule has 108 valence electrons. The van der Waals surface area contributed by atoms with Crippen LogP contribution in [0.25, 0.3) is 0 Å². The van der Waals surface area contributed by atoms with Gasteiger partial charge in [0.25, 0.3) is 0 Å². The number of aromatic nitrogens is 1. The maximum Gasteiger partial charge on any atom is 0.208 e. The molecule has 0 aliphatic carbocycles. The lowest BCUT2D eigenvalue weighted by Crippen LogP contribution is -2.40. The van der Waals surface area contributed by atoms with Crippen LogP contribution < -0.4 is 4.57 Å². The molecule has 3 rings (SSSR count). The Bertz CT molecular complexity index is 698. The highest BCUT2D eigenvalue weighted by Crippen LogP contribution is 2.21. The van der Waals surface area contributed by atoms with Crippen molar-refractivity contribution in [3.8, 4) is 0 Å². The van der Waals surface area contributed by atoms with E-state index in [1.54, 1.807) is 0 Å². The molecule has 0 aliphatic rings. The van der Waals surface area contributed by atoms with Gasteiger partial charge < -0.3 is 5.21 Å². The van der Waals surface area contributed by atoms with Gasteiger partial charge in [-0.2, -0.15) is 4.57 Å². The van der Waals surface area contributed by atoms with Crippen molar-refractivity contribution in [2.75, 3.05) is 0 Å². The van der Waals surface area contributed by atoms with Crippen LogP contribution in [-0.2, 0) is 0 Å². The van der Waals surface area contributed by atoms with Crippen molar-refractivity contribution in [3.63, 3.8) is 0 Å². The number of nitrogens with zero attached hydrogens (tertiary/aromatic N) is 2. The second-order valence-corrected chi connectivity index (χ2v) is 5.05. The van der Waals surface area contributed by atoms with E-state index in [9.17, 15) is 0 Å². The molecule has 3 nitrogen and oxygen atoms in total. The van der Waals surface area contributed by atoms with Crippen molar-refractivity contribution in [1.29, 1.82) is 0 Å². The van der Waals surface area contributed by atoms with Crippen molar-refractivity contribution >= 4 is 6.21 Å². The van der Waals surface area contributed by atoms with Crippen LogP contribution in [0.4, 0.5) is 0 Å². The number of hydrogen-bond acceptors (Lipinski definition) is 2. The Balaban J connectivity index is 2.06. The first-order chi connectivity index (χ1) is 10.9. The number of oxime groups is 1. The number of benzene rings is 2.